The van der Waals surface area contributed by atoms with E-state index in [1.165, 1.54) is 0 Å². The van der Waals surface area contributed by atoms with Crippen LogP contribution in [0.2, 0.25) is 0 Å². The van der Waals surface area contributed by atoms with Crippen molar-refractivity contribution in [2.45, 2.75) is 38.3 Å². The molecule has 0 aromatic carbocycles. The molecule has 0 aromatic rings. The van der Waals surface area contributed by atoms with Gasteiger partial charge in [-0.2, -0.15) is 0 Å². The van der Waals surface area contributed by atoms with Gasteiger partial charge in [0.1, 0.15) is 0 Å². The third kappa shape index (κ3) is 2.38. The molecule has 1 amide bonds. The maximum Gasteiger partial charge on any atom is 0.225 e. The number of ether oxygens (including phenoxy) is 1. The Morgan fingerprint density at radius 1 is 1.38 bits per heavy atom. The van der Waals surface area contributed by atoms with Gasteiger partial charge in [0.25, 0.3) is 0 Å². The minimum atomic E-state index is 0.137. The summed E-state index contributed by atoms with van der Waals surface area (Å²) in [4.78, 5) is 12.1. The topological polar surface area (TPSA) is 50.4 Å². The zero-order valence-electron chi connectivity index (χ0n) is 10.2. The first kappa shape index (κ1) is 11.9. The fourth-order valence-corrected chi connectivity index (χ4v) is 2.82. The van der Waals surface area contributed by atoms with Gasteiger partial charge in [-0.3, -0.25) is 4.79 Å². The van der Waals surface area contributed by atoms with Gasteiger partial charge in [0.15, 0.2) is 0 Å². The summed E-state index contributed by atoms with van der Waals surface area (Å²) in [6, 6.07) is 0.227. The second-order valence-electron chi connectivity index (χ2n) is 5.06. The van der Waals surface area contributed by atoms with Gasteiger partial charge in [0, 0.05) is 13.7 Å². The minimum Gasteiger partial charge on any atom is -0.379 e. The molecule has 16 heavy (non-hydrogen) atoms. The van der Waals surface area contributed by atoms with E-state index in [0.717, 1.165) is 32.4 Å². The molecule has 4 heteroatoms. The van der Waals surface area contributed by atoms with E-state index in [1.807, 2.05) is 0 Å². The number of hydrogen-bond acceptors (Lipinski definition) is 3. The summed E-state index contributed by atoms with van der Waals surface area (Å²) in [6.07, 6.45) is 3.49. The predicted molar refractivity (Wildman–Crippen MR) is 62.1 cm³/mol. The van der Waals surface area contributed by atoms with Gasteiger partial charge in [0.2, 0.25) is 5.91 Å². The molecule has 0 spiro atoms. The first-order valence-corrected chi connectivity index (χ1v) is 6.26. The van der Waals surface area contributed by atoms with Crippen molar-refractivity contribution in [1.29, 1.82) is 0 Å². The van der Waals surface area contributed by atoms with Crippen molar-refractivity contribution in [3.63, 3.8) is 0 Å². The highest BCUT2D eigenvalue weighted by Gasteiger charge is 2.34. The third-order valence-electron chi connectivity index (χ3n) is 3.94. The molecule has 0 bridgehead atoms. The van der Waals surface area contributed by atoms with E-state index in [4.69, 9.17) is 4.74 Å². The molecular formula is C12H22N2O2. The summed E-state index contributed by atoms with van der Waals surface area (Å²) < 4.78 is 5.38. The molecule has 1 saturated carbocycles. The molecule has 1 heterocycles. The molecule has 0 radical (unpaired) electrons. The fraction of sp³-hybridized carbons (Fsp3) is 0.917. The van der Waals surface area contributed by atoms with E-state index in [-0.39, 0.29) is 24.0 Å². The number of rotatable bonds is 3. The largest absolute Gasteiger partial charge is 0.379 e. The highest BCUT2D eigenvalue weighted by molar-refractivity contribution is 5.80. The number of methoxy groups -OCH3 is 1. The summed E-state index contributed by atoms with van der Waals surface area (Å²) >= 11 is 0. The number of hydrogen-bond donors (Lipinski definition) is 2. The van der Waals surface area contributed by atoms with E-state index >= 15 is 0 Å². The van der Waals surface area contributed by atoms with Crippen molar-refractivity contribution >= 4 is 5.91 Å². The highest BCUT2D eigenvalue weighted by Crippen LogP contribution is 2.23. The standard InChI is InChI=1S/C12H22N2O2/c1-8-6-13-7-9(8)12(15)14-10-4-3-5-11(10)16-2/h8-11,13H,3-7H2,1-2H3,(H,14,15). The number of carbonyl (C=O) groups excluding carboxylic acids is 1. The summed E-state index contributed by atoms with van der Waals surface area (Å²) in [5, 5.41) is 6.41. The molecule has 0 aromatic heterocycles. The van der Waals surface area contributed by atoms with Gasteiger partial charge in [-0.15, -0.1) is 0 Å². The number of carbonyl (C=O) groups is 1. The van der Waals surface area contributed by atoms with Crippen LogP contribution >= 0.6 is 0 Å². The van der Waals surface area contributed by atoms with Crippen LogP contribution in [0, 0.1) is 11.8 Å². The van der Waals surface area contributed by atoms with Crippen LogP contribution in [0.1, 0.15) is 26.2 Å². The van der Waals surface area contributed by atoms with Gasteiger partial charge in [-0.25, -0.2) is 0 Å². The Labute approximate surface area is 97.1 Å². The second kappa shape index (κ2) is 5.15. The van der Waals surface area contributed by atoms with Crippen molar-refractivity contribution in [2.24, 2.45) is 11.8 Å². The lowest BCUT2D eigenvalue weighted by Gasteiger charge is -2.22. The molecule has 2 N–H and O–H groups in total. The van der Waals surface area contributed by atoms with Crippen LogP contribution in [-0.4, -0.2) is 38.3 Å². The van der Waals surface area contributed by atoms with Crippen LogP contribution in [0.25, 0.3) is 0 Å². The van der Waals surface area contributed by atoms with Gasteiger partial charge < -0.3 is 15.4 Å². The van der Waals surface area contributed by atoms with Crippen molar-refractivity contribution in [3.8, 4) is 0 Å². The second-order valence-corrected chi connectivity index (χ2v) is 5.06. The SMILES string of the molecule is COC1CCCC1NC(=O)C1CNCC1C. The third-order valence-corrected chi connectivity index (χ3v) is 3.94. The number of amides is 1. The van der Waals surface area contributed by atoms with Crippen molar-refractivity contribution in [1.82, 2.24) is 10.6 Å². The Hall–Kier alpha value is -0.610. The molecule has 2 fully saturated rings. The molecule has 4 nitrogen and oxygen atoms in total. The van der Waals surface area contributed by atoms with E-state index in [9.17, 15) is 4.79 Å². The summed E-state index contributed by atoms with van der Waals surface area (Å²) in [6.45, 7) is 3.90. The first-order valence-electron chi connectivity index (χ1n) is 6.26. The molecule has 4 unspecified atom stereocenters. The van der Waals surface area contributed by atoms with Gasteiger partial charge >= 0.3 is 0 Å². The Kier molecular flexibility index (Phi) is 3.82. The van der Waals surface area contributed by atoms with Gasteiger partial charge in [-0.05, 0) is 31.7 Å². The molecule has 1 saturated heterocycles. The quantitative estimate of drug-likeness (QED) is 0.738. The van der Waals surface area contributed by atoms with E-state index in [2.05, 4.69) is 17.6 Å². The molecule has 2 rings (SSSR count). The average Bonchev–Trinajstić information content (AvgIpc) is 2.86. The zero-order valence-corrected chi connectivity index (χ0v) is 10.2. The maximum absolute atomic E-state index is 12.1. The van der Waals surface area contributed by atoms with Crippen LogP contribution in [0.4, 0.5) is 0 Å². The van der Waals surface area contributed by atoms with Crippen LogP contribution in [0.3, 0.4) is 0 Å². The zero-order chi connectivity index (χ0) is 11.5. The van der Waals surface area contributed by atoms with E-state index < -0.39 is 0 Å². The Balaban J connectivity index is 1.86. The molecule has 4 atom stereocenters. The Morgan fingerprint density at radius 3 is 2.81 bits per heavy atom. The maximum atomic E-state index is 12.1. The van der Waals surface area contributed by atoms with Crippen LogP contribution in [-0.2, 0) is 9.53 Å². The molecule has 1 aliphatic carbocycles. The minimum absolute atomic E-state index is 0.137. The lowest BCUT2D eigenvalue weighted by molar-refractivity contribution is -0.126. The smallest absolute Gasteiger partial charge is 0.225 e. The van der Waals surface area contributed by atoms with Crippen molar-refractivity contribution < 1.29 is 9.53 Å². The Morgan fingerprint density at radius 2 is 2.19 bits per heavy atom. The van der Waals surface area contributed by atoms with Crippen LogP contribution in [0.5, 0.6) is 0 Å². The Bertz CT molecular complexity index is 257. The first-order chi connectivity index (χ1) is 7.72. The van der Waals surface area contributed by atoms with Crippen LogP contribution in [0.15, 0.2) is 0 Å². The molecule has 1 aliphatic heterocycles. The molecular weight excluding hydrogens is 204 g/mol. The highest BCUT2D eigenvalue weighted by atomic mass is 16.5. The monoisotopic (exact) mass is 226 g/mol. The summed E-state index contributed by atoms with van der Waals surface area (Å²) in [7, 11) is 1.73. The van der Waals surface area contributed by atoms with Gasteiger partial charge in [0.05, 0.1) is 18.1 Å². The summed E-state index contributed by atoms with van der Waals surface area (Å²) in [5.74, 6) is 0.784. The normalized spacial score (nSPS) is 38.9. The lowest BCUT2D eigenvalue weighted by atomic mass is 9.97. The number of nitrogens with one attached hydrogen (secondary N) is 2. The van der Waals surface area contributed by atoms with Gasteiger partial charge in [-0.1, -0.05) is 6.92 Å². The van der Waals surface area contributed by atoms with E-state index in [1.54, 1.807) is 7.11 Å². The van der Waals surface area contributed by atoms with E-state index in [0.29, 0.717) is 5.92 Å². The fourth-order valence-electron chi connectivity index (χ4n) is 2.82. The van der Waals surface area contributed by atoms with Crippen LogP contribution < -0.4 is 10.6 Å². The summed E-state index contributed by atoms with van der Waals surface area (Å²) in [5.41, 5.74) is 0. The van der Waals surface area contributed by atoms with Crippen molar-refractivity contribution in [3.05, 3.63) is 0 Å². The molecule has 2 aliphatic rings. The average molecular weight is 226 g/mol. The lowest BCUT2D eigenvalue weighted by Crippen LogP contribution is -2.45. The van der Waals surface area contributed by atoms with Crippen molar-refractivity contribution in [2.75, 3.05) is 20.2 Å². The predicted octanol–water partition coefficient (Wildman–Crippen LogP) is 0.526. The molecule has 92 valence electrons.